The van der Waals surface area contributed by atoms with Crippen molar-refractivity contribution < 1.29 is 5.11 Å². The van der Waals surface area contributed by atoms with Crippen LogP contribution in [0.2, 0.25) is 0 Å². The number of phenolic OH excluding ortho intramolecular Hbond substituents is 1. The van der Waals surface area contributed by atoms with Crippen LogP contribution >= 0.6 is 0 Å². The lowest BCUT2D eigenvalue weighted by Crippen LogP contribution is -2.17. The van der Waals surface area contributed by atoms with Gasteiger partial charge in [-0.3, -0.25) is 0 Å². The third kappa shape index (κ3) is 3.05. The van der Waals surface area contributed by atoms with Gasteiger partial charge in [0.05, 0.1) is 0 Å². The molecule has 21 heavy (non-hydrogen) atoms. The Morgan fingerprint density at radius 2 is 1.76 bits per heavy atom. The number of phenols is 1. The van der Waals surface area contributed by atoms with Crippen molar-refractivity contribution in [3.05, 3.63) is 48.0 Å². The lowest BCUT2D eigenvalue weighted by molar-refractivity contribution is 0.469. The van der Waals surface area contributed by atoms with Gasteiger partial charge >= 0.3 is 0 Å². The topological polar surface area (TPSA) is 61.5 Å². The van der Waals surface area contributed by atoms with Gasteiger partial charge in [0, 0.05) is 42.3 Å². The first-order chi connectivity index (χ1) is 10.2. The summed E-state index contributed by atoms with van der Waals surface area (Å²) in [7, 11) is 0. The van der Waals surface area contributed by atoms with E-state index in [2.05, 4.69) is 34.5 Å². The van der Waals surface area contributed by atoms with Crippen LogP contribution in [-0.4, -0.2) is 18.2 Å². The lowest BCUT2D eigenvalue weighted by Gasteiger charge is -2.18. The van der Waals surface area contributed by atoms with E-state index in [1.807, 2.05) is 0 Å². The van der Waals surface area contributed by atoms with E-state index in [4.69, 9.17) is 5.73 Å². The summed E-state index contributed by atoms with van der Waals surface area (Å²) in [6, 6.07) is 13.6. The van der Waals surface area contributed by atoms with E-state index in [1.165, 1.54) is 18.5 Å². The highest BCUT2D eigenvalue weighted by atomic mass is 16.3. The van der Waals surface area contributed by atoms with Crippen molar-refractivity contribution in [3.63, 3.8) is 0 Å². The number of nitrogens with one attached hydrogen (secondary N) is 1. The number of nitrogens with zero attached hydrogens (tertiary/aromatic N) is 1. The minimum atomic E-state index is 0.233. The first kappa shape index (κ1) is 13.6. The molecule has 0 aromatic heterocycles. The summed E-state index contributed by atoms with van der Waals surface area (Å²) in [4.78, 5) is 2.41. The zero-order chi connectivity index (χ0) is 14.7. The zero-order valence-corrected chi connectivity index (χ0v) is 12.0. The number of hydrogen-bond donors (Lipinski definition) is 3. The molecule has 4 nitrogen and oxygen atoms in total. The second-order valence-electron chi connectivity index (χ2n) is 5.44. The van der Waals surface area contributed by atoms with Crippen LogP contribution in [0.15, 0.2) is 42.5 Å². The van der Waals surface area contributed by atoms with Gasteiger partial charge in [0.1, 0.15) is 5.75 Å². The minimum absolute atomic E-state index is 0.233. The second kappa shape index (κ2) is 5.95. The van der Waals surface area contributed by atoms with Gasteiger partial charge in [-0.2, -0.15) is 0 Å². The van der Waals surface area contributed by atoms with Gasteiger partial charge in [0.25, 0.3) is 0 Å². The number of anilines is 3. The van der Waals surface area contributed by atoms with Gasteiger partial charge in [-0.25, -0.2) is 0 Å². The fourth-order valence-corrected chi connectivity index (χ4v) is 2.74. The normalized spacial score (nSPS) is 14.4. The number of nitrogen functional groups attached to an aromatic ring is 1. The summed E-state index contributed by atoms with van der Waals surface area (Å²) in [6.45, 7) is 2.82. The summed E-state index contributed by atoms with van der Waals surface area (Å²) in [6.07, 6.45) is 2.57. The molecule has 1 aliphatic rings. The van der Waals surface area contributed by atoms with Crippen LogP contribution < -0.4 is 16.0 Å². The number of rotatable bonds is 4. The van der Waals surface area contributed by atoms with E-state index in [0.717, 1.165) is 24.3 Å². The van der Waals surface area contributed by atoms with Gasteiger partial charge in [-0.1, -0.05) is 6.07 Å². The molecule has 0 atom stereocenters. The molecule has 1 aliphatic heterocycles. The summed E-state index contributed by atoms with van der Waals surface area (Å²) in [5, 5.41) is 13.1. The molecule has 0 spiro atoms. The van der Waals surface area contributed by atoms with Crippen LogP contribution in [0.1, 0.15) is 18.4 Å². The van der Waals surface area contributed by atoms with E-state index in [9.17, 15) is 5.11 Å². The van der Waals surface area contributed by atoms with Crippen LogP contribution in [0.4, 0.5) is 17.1 Å². The highest BCUT2D eigenvalue weighted by molar-refractivity contribution is 5.58. The number of hydrogen-bond acceptors (Lipinski definition) is 4. The maximum atomic E-state index is 9.83. The van der Waals surface area contributed by atoms with Crippen molar-refractivity contribution in [2.24, 2.45) is 0 Å². The van der Waals surface area contributed by atoms with Crippen molar-refractivity contribution in [1.82, 2.24) is 0 Å². The first-order valence-corrected chi connectivity index (χ1v) is 7.39. The number of benzene rings is 2. The number of nitrogens with two attached hydrogens (primary N) is 1. The monoisotopic (exact) mass is 283 g/mol. The molecule has 0 bridgehead atoms. The second-order valence-corrected chi connectivity index (χ2v) is 5.44. The third-order valence-electron chi connectivity index (χ3n) is 4.00. The van der Waals surface area contributed by atoms with Gasteiger partial charge in [0.15, 0.2) is 0 Å². The molecule has 2 aromatic carbocycles. The standard InChI is InChI=1S/C17H21N3O/c18-16-4-3-5-17(21)15(16)12-19-13-6-8-14(9-7-13)20-10-1-2-11-20/h3-9,19,21H,1-2,10-12,18H2. The predicted molar refractivity (Wildman–Crippen MR) is 87.7 cm³/mol. The van der Waals surface area contributed by atoms with Crippen LogP contribution in [0.5, 0.6) is 5.75 Å². The Labute approximate surface area is 125 Å². The van der Waals surface area contributed by atoms with Crippen LogP contribution in [-0.2, 0) is 6.54 Å². The van der Waals surface area contributed by atoms with Crippen molar-refractivity contribution in [1.29, 1.82) is 0 Å². The average molecular weight is 283 g/mol. The first-order valence-electron chi connectivity index (χ1n) is 7.39. The van der Waals surface area contributed by atoms with Crippen LogP contribution in [0.3, 0.4) is 0 Å². The smallest absolute Gasteiger partial charge is 0.122 e. The lowest BCUT2D eigenvalue weighted by atomic mass is 10.1. The molecule has 2 aromatic rings. The van der Waals surface area contributed by atoms with Gasteiger partial charge < -0.3 is 21.1 Å². The molecule has 4 heteroatoms. The van der Waals surface area contributed by atoms with Gasteiger partial charge in [-0.05, 0) is 49.2 Å². The Morgan fingerprint density at radius 1 is 1.05 bits per heavy atom. The Balaban J connectivity index is 1.65. The molecule has 1 fully saturated rings. The summed E-state index contributed by atoms with van der Waals surface area (Å²) in [5.41, 5.74) is 9.54. The molecule has 1 saturated heterocycles. The van der Waals surface area contributed by atoms with Gasteiger partial charge in [-0.15, -0.1) is 0 Å². The van der Waals surface area contributed by atoms with Crippen molar-refractivity contribution in [2.45, 2.75) is 19.4 Å². The maximum absolute atomic E-state index is 9.83. The molecule has 0 radical (unpaired) electrons. The molecular formula is C17H21N3O. The molecule has 1 heterocycles. The predicted octanol–water partition coefficient (Wildman–Crippen LogP) is 3.19. The van der Waals surface area contributed by atoms with Crippen LogP contribution in [0.25, 0.3) is 0 Å². The third-order valence-corrected chi connectivity index (χ3v) is 4.00. The van der Waals surface area contributed by atoms with E-state index in [1.54, 1.807) is 18.2 Å². The summed E-state index contributed by atoms with van der Waals surface area (Å²) in [5.74, 6) is 0.233. The Hall–Kier alpha value is -2.36. The van der Waals surface area contributed by atoms with Crippen molar-refractivity contribution >= 4 is 17.1 Å². The molecule has 110 valence electrons. The van der Waals surface area contributed by atoms with E-state index < -0.39 is 0 Å². The number of aromatic hydroxyl groups is 1. The fourth-order valence-electron chi connectivity index (χ4n) is 2.74. The molecule has 0 saturated carbocycles. The summed E-state index contributed by atoms with van der Waals surface area (Å²) >= 11 is 0. The summed E-state index contributed by atoms with van der Waals surface area (Å²) < 4.78 is 0. The Morgan fingerprint density at radius 3 is 2.43 bits per heavy atom. The molecule has 3 rings (SSSR count). The highest BCUT2D eigenvalue weighted by Crippen LogP contribution is 2.25. The fraction of sp³-hybridized carbons (Fsp3) is 0.294. The van der Waals surface area contributed by atoms with Gasteiger partial charge in [0.2, 0.25) is 0 Å². The molecule has 0 aliphatic carbocycles. The zero-order valence-electron chi connectivity index (χ0n) is 12.0. The molecule has 0 amide bonds. The SMILES string of the molecule is Nc1cccc(O)c1CNc1ccc(N2CCCC2)cc1. The van der Waals surface area contributed by atoms with Crippen molar-refractivity contribution in [3.8, 4) is 5.75 Å². The maximum Gasteiger partial charge on any atom is 0.122 e. The average Bonchev–Trinajstić information content (AvgIpc) is 3.02. The Kier molecular flexibility index (Phi) is 3.86. The van der Waals surface area contributed by atoms with Crippen molar-refractivity contribution in [2.75, 3.05) is 29.0 Å². The molecule has 4 N–H and O–H groups in total. The largest absolute Gasteiger partial charge is 0.508 e. The van der Waals surface area contributed by atoms with E-state index in [-0.39, 0.29) is 5.75 Å². The van der Waals surface area contributed by atoms with E-state index in [0.29, 0.717) is 12.2 Å². The highest BCUT2D eigenvalue weighted by Gasteiger charge is 2.11. The minimum Gasteiger partial charge on any atom is -0.508 e. The van der Waals surface area contributed by atoms with Crippen LogP contribution in [0, 0.1) is 0 Å². The quantitative estimate of drug-likeness (QED) is 0.754. The van der Waals surface area contributed by atoms with E-state index >= 15 is 0 Å². The molecule has 0 unspecified atom stereocenters. The Bertz CT molecular complexity index is 584. The molecular weight excluding hydrogens is 262 g/mol.